The van der Waals surface area contributed by atoms with Gasteiger partial charge in [0.15, 0.2) is 0 Å². The predicted octanol–water partition coefficient (Wildman–Crippen LogP) is 2.56. The van der Waals surface area contributed by atoms with Crippen LogP contribution in [0.4, 0.5) is 5.69 Å². The van der Waals surface area contributed by atoms with Gasteiger partial charge >= 0.3 is 0 Å². The lowest BCUT2D eigenvalue weighted by Gasteiger charge is -2.18. The fourth-order valence-corrected chi connectivity index (χ4v) is 2.04. The quantitative estimate of drug-likeness (QED) is 0.621. The van der Waals surface area contributed by atoms with E-state index >= 15 is 0 Å². The van der Waals surface area contributed by atoms with Gasteiger partial charge in [-0.2, -0.15) is 5.10 Å². The number of nitrogens with zero attached hydrogens (tertiary/aromatic N) is 1. The highest BCUT2D eigenvalue weighted by molar-refractivity contribution is 5.95. The van der Waals surface area contributed by atoms with Gasteiger partial charge in [-0.3, -0.25) is 4.79 Å². The minimum absolute atomic E-state index is 0.180. The van der Waals surface area contributed by atoms with Gasteiger partial charge in [0, 0.05) is 17.0 Å². The topological polar surface area (TPSA) is 67.5 Å². The lowest BCUT2D eigenvalue weighted by Crippen LogP contribution is -2.21. The largest absolute Gasteiger partial charge is 0.399 e. The number of nitrogens with two attached hydrogens (primary N) is 1. The van der Waals surface area contributed by atoms with Crippen LogP contribution in [0.15, 0.2) is 29.4 Å². The molecule has 0 radical (unpaired) electrons. The number of carbonyl (C=O) groups is 1. The van der Waals surface area contributed by atoms with Crippen LogP contribution >= 0.6 is 0 Å². The van der Waals surface area contributed by atoms with Gasteiger partial charge in [0.2, 0.25) is 0 Å². The van der Waals surface area contributed by atoms with Crippen LogP contribution in [-0.4, -0.2) is 11.6 Å². The molecule has 0 heterocycles. The fraction of sp³-hybridized carbons (Fsp3) is 0.429. The van der Waals surface area contributed by atoms with E-state index in [1.807, 2.05) is 0 Å². The Morgan fingerprint density at radius 2 is 1.89 bits per heavy atom. The van der Waals surface area contributed by atoms with Crippen molar-refractivity contribution in [2.24, 2.45) is 11.0 Å². The number of amides is 1. The van der Waals surface area contributed by atoms with E-state index in [1.165, 1.54) is 0 Å². The Hall–Kier alpha value is -1.84. The molecule has 0 aliphatic heterocycles. The fourth-order valence-electron chi connectivity index (χ4n) is 2.04. The molecule has 1 aromatic rings. The minimum atomic E-state index is -0.180. The molecule has 0 atom stereocenters. The van der Waals surface area contributed by atoms with E-state index in [9.17, 15) is 4.79 Å². The maximum absolute atomic E-state index is 11.8. The second-order valence-electron chi connectivity index (χ2n) is 4.92. The number of hydrogen-bond donors (Lipinski definition) is 2. The zero-order valence-corrected chi connectivity index (χ0v) is 10.6. The van der Waals surface area contributed by atoms with Gasteiger partial charge in [0.25, 0.3) is 5.91 Å². The normalized spacial score (nSPS) is 19.4. The van der Waals surface area contributed by atoms with E-state index in [0.29, 0.717) is 11.3 Å². The SMILES string of the molecule is CC1CCC(=NNC(=O)c2ccc(N)cc2)CC1. The molecule has 0 bridgehead atoms. The van der Waals surface area contributed by atoms with E-state index in [4.69, 9.17) is 5.73 Å². The van der Waals surface area contributed by atoms with Gasteiger partial charge in [-0.05, 0) is 55.9 Å². The van der Waals surface area contributed by atoms with Gasteiger partial charge in [-0.25, -0.2) is 5.43 Å². The molecule has 0 aromatic heterocycles. The van der Waals surface area contributed by atoms with Crippen molar-refractivity contribution in [1.82, 2.24) is 5.43 Å². The summed E-state index contributed by atoms with van der Waals surface area (Å²) in [7, 11) is 0. The second kappa shape index (κ2) is 5.67. The lowest BCUT2D eigenvalue weighted by atomic mass is 9.90. The van der Waals surface area contributed by atoms with Crippen LogP contribution in [0.5, 0.6) is 0 Å². The first-order valence-corrected chi connectivity index (χ1v) is 6.36. The van der Waals surface area contributed by atoms with Crippen LogP contribution in [0.1, 0.15) is 43.0 Å². The highest BCUT2D eigenvalue weighted by atomic mass is 16.2. The van der Waals surface area contributed by atoms with Crippen LogP contribution in [0.2, 0.25) is 0 Å². The third-order valence-corrected chi connectivity index (χ3v) is 3.34. The number of benzene rings is 1. The third kappa shape index (κ3) is 3.32. The van der Waals surface area contributed by atoms with Crippen molar-refractivity contribution >= 4 is 17.3 Å². The van der Waals surface area contributed by atoms with Gasteiger partial charge < -0.3 is 5.73 Å². The summed E-state index contributed by atoms with van der Waals surface area (Å²) in [4.78, 5) is 11.8. The number of hydrazone groups is 1. The zero-order chi connectivity index (χ0) is 13.0. The van der Waals surface area contributed by atoms with Gasteiger partial charge in [0.1, 0.15) is 0 Å². The Balaban J connectivity index is 1.92. The molecule has 1 saturated carbocycles. The first-order valence-electron chi connectivity index (χ1n) is 6.36. The molecule has 3 N–H and O–H groups in total. The third-order valence-electron chi connectivity index (χ3n) is 3.34. The van der Waals surface area contributed by atoms with E-state index in [1.54, 1.807) is 24.3 Å². The van der Waals surface area contributed by atoms with Crippen molar-refractivity contribution in [2.45, 2.75) is 32.6 Å². The first-order chi connectivity index (χ1) is 8.65. The number of carbonyl (C=O) groups excluding carboxylic acids is 1. The van der Waals surface area contributed by atoms with Crippen LogP contribution in [0, 0.1) is 5.92 Å². The number of rotatable bonds is 2. The molecule has 0 saturated heterocycles. The van der Waals surface area contributed by atoms with Crippen LogP contribution in [-0.2, 0) is 0 Å². The van der Waals surface area contributed by atoms with E-state index < -0.39 is 0 Å². The summed E-state index contributed by atoms with van der Waals surface area (Å²) in [5.74, 6) is 0.595. The van der Waals surface area contributed by atoms with Crippen LogP contribution < -0.4 is 11.2 Å². The van der Waals surface area contributed by atoms with Crippen molar-refractivity contribution in [3.05, 3.63) is 29.8 Å². The standard InChI is InChI=1S/C14H19N3O/c1-10-2-8-13(9-3-10)16-17-14(18)11-4-6-12(15)7-5-11/h4-7,10H,2-3,8-9,15H2,1H3,(H,17,18). The summed E-state index contributed by atoms with van der Waals surface area (Å²) in [6, 6.07) is 6.83. The second-order valence-corrected chi connectivity index (χ2v) is 4.92. The maximum atomic E-state index is 11.8. The van der Waals surface area contributed by atoms with E-state index in [2.05, 4.69) is 17.5 Å². The predicted molar refractivity (Wildman–Crippen MR) is 73.4 cm³/mol. The molecule has 1 amide bonds. The van der Waals surface area contributed by atoms with Gasteiger partial charge in [-0.1, -0.05) is 6.92 Å². The number of nitrogen functional groups attached to an aromatic ring is 1. The highest BCUT2D eigenvalue weighted by Crippen LogP contribution is 2.21. The monoisotopic (exact) mass is 245 g/mol. The Morgan fingerprint density at radius 3 is 2.50 bits per heavy atom. The maximum Gasteiger partial charge on any atom is 0.271 e. The summed E-state index contributed by atoms with van der Waals surface area (Å²) in [5.41, 5.74) is 10.5. The molecule has 1 aliphatic carbocycles. The molecular weight excluding hydrogens is 226 g/mol. The molecule has 0 spiro atoms. The Kier molecular flexibility index (Phi) is 3.97. The number of hydrogen-bond acceptors (Lipinski definition) is 3. The molecule has 1 fully saturated rings. The summed E-state index contributed by atoms with van der Waals surface area (Å²) < 4.78 is 0. The molecule has 96 valence electrons. The van der Waals surface area contributed by atoms with E-state index in [-0.39, 0.29) is 5.91 Å². The summed E-state index contributed by atoms with van der Waals surface area (Å²) >= 11 is 0. The highest BCUT2D eigenvalue weighted by Gasteiger charge is 2.13. The average molecular weight is 245 g/mol. The molecule has 0 unspecified atom stereocenters. The van der Waals surface area contributed by atoms with Crippen molar-refractivity contribution in [2.75, 3.05) is 5.73 Å². The molecular formula is C14H19N3O. The first kappa shape index (κ1) is 12.6. The molecule has 18 heavy (non-hydrogen) atoms. The summed E-state index contributed by atoms with van der Waals surface area (Å²) in [5, 5.41) is 4.20. The minimum Gasteiger partial charge on any atom is -0.399 e. The smallest absolute Gasteiger partial charge is 0.271 e. The van der Waals surface area contributed by atoms with Crippen molar-refractivity contribution in [3.63, 3.8) is 0 Å². The molecule has 4 nitrogen and oxygen atoms in total. The van der Waals surface area contributed by atoms with Crippen molar-refractivity contribution in [3.8, 4) is 0 Å². The Bertz CT molecular complexity index is 441. The van der Waals surface area contributed by atoms with Crippen molar-refractivity contribution < 1.29 is 4.79 Å². The summed E-state index contributed by atoms with van der Waals surface area (Å²) in [6.45, 7) is 2.25. The number of anilines is 1. The van der Waals surface area contributed by atoms with Gasteiger partial charge in [0.05, 0.1) is 0 Å². The van der Waals surface area contributed by atoms with Gasteiger partial charge in [-0.15, -0.1) is 0 Å². The Labute approximate surface area is 107 Å². The van der Waals surface area contributed by atoms with Crippen LogP contribution in [0.3, 0.4) is 0 Å². The number of nitrogens with one attached hydrogen (secondary N) is 1. The molecule has 2 rings (SSSR count). The van der Waals surface area contributed by atoms with Crippen LogP contribution in [0.25, 0.3) is 0 Å². The van der Waals surface area contributed by atoms with E-state index in [0.717, 1.165) is 37.3 Å². The molecule has 1 aliphatic rings. The lowest BCUT2D eigenvalue weighted by molar-refractivity contribution is 0.0954. The molecule has 1 aromatic carbocycles. The Morgan fingerprint density at radius 1 is 1.28 bits per heavy atom. The average Bonchev–Trinajstić information content (AvgIpc) is 2.38. The van der Waals surface area contributed by atoms with Crippen molar-refractivity contribution in [1.29, 1.82) is 0 Å². The molecule has 4 heteroatoms. The summed E-state index contributed by atoms with van der Waals surface area (Å²) in [6.07, 6.45) is 4.31. The zero-order valence-electron chi connectivity index (χ0n) is 10.6.